The van der Waals surface area contributed by atoms with Crippen LogP contribution in [0.25, 0.3) is 16.7 Å². The number of aromatic carboxylic acids is 1. The second-order valence-electron chi connectivity index (χ2n) is 6.87. The highest BCUT2D eigenvalue weighted by atomic mass is 19.1. The van der Waals surface area contributed by atoms with Crippen molar-refractivity contribution < 1.29 is 19.0 Å². The summed E-state index contributed by atoms with van der Waals surface area (Å²) in [5, 5.41) is 15.0. The van der Waals surface area contributed by atoms with E-state index in [0.717, 1.165) is 16.8 Å². The fourth-order valence-electron chi connectivity index (χ4n) is 3.05. The first-order valence-corrected chi connectivity index (χ1v) is 8.96. The van der Waals surface area contributed by atoms with E-state index in [9.17, 15) is 14.3 Å². The van der Waals surface area contributed by atoms with E-state index in [-0.39, 0.29) is 17.4 Å². The minimum Gasteiger partial charge on any atom is -0.477 e. The summed E-state index contributed by atoms with van der Waals surface area (Å²) in [7, 11) is 3.49. The summed E-state index contributed by atoms with van der Waals surface area (Å²) in [6.45, 7) is 5.10. The summed E-state index contributed by atoms with van der Waals surface area (Å²) in [6, 6.07) is 7.42. The number of halogens is 1. The lowest BCUT2D eigenvalue weighted by Gasteiger charge is -2.21. The van der Waals surface area contributed by atoms with Gasteiger partial charge in [0.15, 0.2) is 11.3 Å². The number of benzene rings is 1. The maximum absolute atomic E-state index is 13.4. The van der Waals surface area contributed by atoms with Crippen molar-refractivity contribution in [1.82, 2.24) is 14.8 Å². The van der Waals surface area contributed by atoms with Gasteiger partial charge in [0.1, 0.15) is 5.82 Å². The first-order chi connectivity index (χ1) is 13.3. The van der Waals surface area contributed by atoms with Crippen LogP contribution in [0.15, 0.2) is 30.3 Å². The lowest BCUT2D eigenvalue weighted by Crippen LogP contribution is -2.23. The molecule has 0 aliphatic heterocycles. The van der Waals surface area contributed by atoms with Gasteiger partial charge in [0.25, 0.3) is 0 Å². The van der Waals surface area contributed by atoms with E-state index >= 15 is 0 Å². The molecule has 0 bridgehead atoms. The van der Waals surface area contributed by atoms with Gasteiger partial charge in [0.05, 0.1) is 29.1 Å². The van der Waals surface area contributed by atoms with Crippen LogP contribution >= 0.6 is 0 Å². The van der Waals surface area contributed by atoms with Crippen LogP contribution < -0.4 is 4.90 Å². The lowest BCUT2D eigenvalue weighted by atomic mass is 10.1. The molecule has 8 heteroatoms. The Balaban J connectivity index is 2.32. The molecule has 148 valence electrons. The molecule has 0 aliphatic carbocycles. The number of carboxylic acids is 1. The highest BCUT2D eigenvalue weighted by molar-refractivity contribution is 5.98. The molecule has 0 atom stereocenters. The molecular weight excluding hydrogens is 363 g/mol. The summed E-state index contributed by atoms with van der Waals surface area (Å²) in [5.74, 6) is -1.40. The SMILES string of the molecule is COCCN(C)c1cc(C(=O)O)nc2c1c(C(C)C)nn2-c1ccc(F)cc1. The number of hydrogen-bond acceptors (Lipinski definition) is 5. The number of likely N-dealkylation sites (N-methyl/N-ethyl adjacent to an activating group) is 1. The quantitative estimate of drug-likeness (QED) is 0.670. The van der Waals surface area contributed by atoms with E-state index in [4.69, 9.17) is 9.84 Å². The maximum atomic E-state index is 13.4. The first kappa shape index (κ1) is 19.8. The number of carbonyl (C=O) groups is 1. The summed E-state index contributed by atoms with van der Waals surface area (Å²) < 4.78 is 20.1. The van der Waals surface area contributed by atoms with Crippen LogP contribution in [-0.2, 0) is 4.74 Å². The number of anilines is 1. The number of carboxylic acid groups (broad SMARTS) is 1. The summed E-state index contributed by atoms with van der Waals surface area (Å²) >= 11 is 0. The molecule has 0 amide bonds. The van der Waals surface area contributed by atoms with E-state index in [1.54, 1.807) is 30.0 Å². The second-order valence-corrected chi connectivity index (χ2v) is 6.87. The van der Waals surface area contributed by atoms with Crippen LogP contribution in [0.1, 0.15) is 35.9 Å². The first-order valence-electron chi connectivity index (χ1n) is 8.96. The molecule has 7 nitrogen and oxygen atoms in total. The Bertz CT molecular complexity index is 999. The Morgan fingerprint density at radius 1 is 1.32 bits per heavy atom. The minimum atomic E-state index is -1.12. The van der Waals surface area contributed by atoms with Crippen LogP contribution in [0.3, 0.4) is 0 Å². The Labute approximate surface area is 162 Å². The van der Waals surface area contributed by atoms with Gasteiger partial charge in [-0.15, -0.1) is 0 Å². The molecule has 0 saturated heterocycles. The van der Waals surface area contributed by atoms with Crippen molar-refractivity contribution in [3.05, 3.63) is 47.5 Å². The molecule has 0 unspecified atom stereocenters. The van der Waals surface area contributed by atoms with E-state index in [2.05, 4.69) is 4.98 Å². The highest BCUT2D eigenvalue weighted by Gasteiger charge is 2.23. The molecule has 3 aromatic rings. The number of aromatic nitrogens is 3. The Morgan fingerprint density at radius 3 is 2.57 bits per heavy atom. The van der Waals surface area contributed by atoms with E-state index in [1.165, 1.54) is 12.1 Å². The highest BCUT2D eigenvalue weighted by Crippen LogP contribution is 2.34. The predicted molar refractivity (Wildman–Crippen MR) is 105 cm³/mol. The van der Waals surface area contributed by atoms with Crippen LogP contribution in [0.4, 0.5) is 10.1 Å². The molecule has 1 aromatic carbocycles. The number of methoxy groups -OCH3 is 1. The number of pyridine rings is 1. The van der Waals surface area contributed by atoms with Gasteiger partial charge in [-0.05, 0) is 36.2 Å². The van der Waals surface area contributed by atoms with Crippen LogP contribution in [-0.4, -0.2) is 53.1 Å². The molecular formula is C20H23FN4O3. The van der Waals surface area contributed by atoms with Crippen molar-refractivity contribution in [3.8, 4) is 5.69 Å². The number of fused-ring (bicyclic) bond motifs is 1. The van der Waals surface area contributed by atoms with Crippen molar-refractivity contribution in [2.24, 2.45) is 0 Å². The standard InChI is InChI=1S/C20H23FN4O3/c1-12(2)18-17-16(24(3)9-10-28-4)11-15(20(26)27)22-19(17)25(23-18)14-7-5-13(21)6-8-14/h5-8,11-12H,9-10H2,1-4H3,(H,26,27). The Kier molecular flexibility index (Phi) is 5.60. The van der Waals surface area contributed by atoms with Gasteiger partial charge >= 0.3 is 5.97 Å². The predicted octanol–water partition coefficient (Wildman–Crippen LogP) is 3.46. The van der Waals surface area contributed by atoms with Crippen molar-refractivity contribution in [2.45, 2.75) is 19.8 Å². The molecule has 0 radical (unpaired) electrons. The molecule has 0 aliphatic rings. The van der Waals surface area contributed by atoms with Gasteiger partial charge < -0.3 is 14.7 Å². The lowest BCUT2D eigenvalue weighted by molar-refractivity contribution is 0.0691. The van der Waals surface area contributed by atoms with Gasteiger partial charge in [0.2, 0.25) is 0 Å². The molecule has 0 spiro atoms. The topological polar surface area (TPSA) is 80.5 Å². The Morgan fingerprint density at radius 2 is 2.00 bits per heavy atom. The monoisotopic (exact) mass is 386 g/mol. The van der Waals surface area contributed by atoms with Gasteiger partial charge in [-0.3, -0.25) is 0 Å². The van der Waals surface area contributed by atoms with Gasteiger partial charge in [-0.2, -0.15) is 5.10 Å². The van der Waals surface area contributed by atoms with Gasteiger partial charge in [-0.1, -0.05) is 13.8 Å². The van der Waals surface area contributed by atoms with Crippen LogP contribution in [0.5, 0.6) is 0 Å². The summed E-state index contributed by atoms with van der Waals surface area (Å²) in [5.41, 5.74) is 2.47. The largest absolute Gasteiger partial charge is 0.477 e. The van der Waals surface area contributed by atoms with Crippen molar-refractivity contribution in [2.75, 3.05) is 32.2 Å². The van der Waals surface area contributed by atoms with Crippen LogP contribution in [0, 0.1) is 5.82 Å². The number of ether oxygens (including phenoxy) is 1. The zero-order valence-electron chi connectivity index (χ0n) is 16.3. The van der Waals surface area contributed by atoms with Gasteiger partial charge in [-0.25, -0.2) is 18.9 Å². The average Bonchev–Trinajstić information content (AvgIpc) is 3.05. The summed E-state index contributed by atoms with van der Waals surface area (Å²) in [4.78, 5) is 18.0. The molecule has 2 aromatic heterocycles. The zero-order chi connectivity index (χ0) is 20.4. The summed E-state index contributed by atoms with van der Waals surface area (Å²) in [6.07, 6.45) is 0. The number of nitrogens with zero attached hydrogens (tertiary/aromatic N) is 4. The minimum absolute atomic E-state index is 0.0784. The number of hydrogen-bond donors (Lipinski definition) is 1. The number of rotatable bonds is 7. The normalized spacial score (nSPS) is 11.4. The molecule has 3 rings (SSSR count). The second kappa shape index (κ2) is 7.93. The van der Waals surface area contributed by atoms with E-state index in [1.807, 2.05) is 25.8 Å². The molecule has 28 heavy (non-hydrogen) atoms. The molecule has 1 N–H and O–H groups in total. The smallest absolute Gasteiger partial charge is 0.354 e. The van der Waals surface area contributed by atoms with Crippen molar-refractivity contribution in [3.63, 3.8) is 0 Å². The zero-order valence-corrected chi connectivity index (χ0v) is 16.3. The molecule has 2 heterocycles. The third-order valence-corrected chi connectivity index (χ3v) is 4.52. The van der Waals surface area contributed by atoms with Crippen molar-refractivity contribution in [1.29, 1.82) is 0 Å². The van der Waals surface area contributed by atoms with Crippen LogP contribution in [0.2, 0.25) is 0 Å². The third-order valence-electron chi connectivity index (χ3n) is 4.52. The fourth-order valence-corrected chi connectivity index (χ4v) is 3.05. The molecule has 0 fully saturated rings. The van der Waals surface area contributed by atoms with Crippen molar-refractivity contribution >= 4 is 22.7 Å². The fraction of sp³-hybridized carbons (Fsp3) is 0.350. The third kappa shape index (κ3) is 3.68. The van der Waals surface area contributed by atoms with E-state index in [0.29, 0.717) is 24.5 Å². The maximum Gasteiger partial charge on any atom is 0.354 e. The van der Waals surface area contributed by atoms with E-state index < -0.39 is 5.97 Å². The Hall–Kier alpha value is -3.00. The molecule has 0 saturated carbocycles. The average molecular weight is 386 g/mol. The van der Waals surface area contributed by atoms with Gasteiger partial charge in [0, 0.05) is 20.7 Å².